The Balaban J connectivity index is 1.42. The van der Waals surface area contributed by atoms with E-state index in [9.17, 15) is 4.79 Å². The minimum atomic E-state index is -0.0860. The van der Waals surface area contributed by atoms with Gasteiger partial charge in [0.25, 0.3) is 0 Å². The van der Waals surface area contributed by atoms with Crippen molar-refractivity contribution in [3.63, 3.8) is 0 Å². The second-order valence-electron chi connectivity index (χ2n) is 9.05. The van der Waals surface area contributed by atoms with Gasteiger partial charge in [0, 0.05) is 18.6 Å². The van der Waals surface area contributed by atoms with Crippen molar-refractivity contribution < 1.29 is 9.53 Å². The maximum absolute atomic E-state index is 12.7. The first kappa shape index (κ1) is 20.0. The quantitative estimate of drug-likeness (QED) is 0.823. The molecule has 0 radical (unpaired) electrons. The Kier molecular flexibility index (Phi) is 5.43. The first-order chi connectivity index (χ1) is 14.0. The van der Waals surface area contributed by atoms with Gasteiger partial charge in [-0.2, -0.15) is 0 Å². The van der Waals surface area contributed by atoms with E-state index >= 15 is 0 Å². The molecule has 29 heavy (non-hydrogen) atoms. The minimum Gasteiger partial charge on any atom is -0.497 e. The highest BCUT2D eigenvalue weighted by molar-refractivity contribution is 5.78. The third-order valence-corrected chi connectivity index (χ3v) is 7.20. The molecule has 4 rings (SSSR count). The lowest BCUT2D eigenvalue weighted by atomic mass is 9.69. The Morgan fingerprint density at radius 3 is 2.48 bits per heavy atom. The third-order valence-electron chi connectivity index (χ3n) is 7.20. The topological polar surface area (TPSA) is 44.8 Å². The number of carbonyl (C=O) groups is 1. The van der Waals surface area contributed by atoms with Gasteiger partial charge in [-0.1, -0.05) is 36.4 Å². The lowest BCUT2D eigenvalue weighted by Crippen LogP contribution is -2.54. The Hall–Kier alpha value is -2.27. The summed E-state index contributed by atoms with van der Waals surface area (Å²) < 4.78 is 5.27. The van der Waals surface area contributed by atoms with Crippen LogP contribution in [0.3, 0.4) is 0 Å². The molecule has 1 atom stereocenters. The van der Waals surface area contributed by atoms with E-state index in [1.54, 1.807) is 7.11 Å². The average Bonchev–Trinajstić information content (AvgIpc) is 3.04. The fraction of sp³-hybridized carbons (Fsp3) is 0.542. The zero-order valence-electron chi connectivity index (χ0n) is 17.9. The van der Waals surface area contributed by atoms with Crippen molar-refractivity contribution in [2.24, 2.45) is 5.92 Å². The normalized spacial score (nSPS) is 31.9. The minimum absolute atomic E-state index is 0.0537. The predicted molar refractivity (Wildman–Crippen MR) is 115 cm³/mol. The SMILES string of the molecule is COC1=CCC(CN2CC3(CCC(c4ccccc4)(N(C)C)CC3)NC2=O)C=C1. The summed E-state index contributed by atoms with van der Waals surface area (Å²) in [5.41, 5.74) is 1.35. The van der Waals surface area contributed by atoms with Crippen LogP contribution in [0.25, 0.3) is 0 Å². The molecule has 1 saturated heterocycles. The van der Waals surface area contributed by atoms with Crippen LogP contribution in [0, 0.1) is 5.92 Å². The number of rotatable bonds is 5. The molecule has 0 bridgehead atoms. The zero-order valence-corrected chi connectivity index (χ0v) is 17.9. The van der Waals surface area contributed by atoms with Gasteiger partial charge in [-0.3, -0.25) is 4.90 Å². The predicted octanol–water partition coefficient (Wildman–Crippen LogP) is 3.89. The van der Waals surface area contributed by atoms with E-state index in [1.807, 2.05) is 11.0 Å². The molecule has 1 aromatic rings. The van der Waals surface area contributed by atoms with Crippen molar-refractivity contribution in [1.29, 1.82) is 0 Å². The third kappa shape index (κ3) is 3.80. The standard InChI is InChI=1S/C24H33N3O2/c1-26(2)24(20-7-5-4-6-8-20)15-13-23(14-16-24)18-27(22(28)25-23)17-19-9-11-21(29-3)12-10-19/h4-9,11-12,19H,10,13-18H2,1-3H3,(H,25,28). The van der Waals surface area contributed by atoms with Gasteiger partial charge in [-0.25, -0.2) is 4.79 Å². The monoisotopic (exact) mass is 395 g/mol. The van der Waals surface area contributed by atoms with Crippen molar-refractivity contribution in [2.75, 3.05) is 34.3 Å². The molecule has 2 aliphatic carbocycles. The fourth-order valence-corrected chi connectivity index (χ4v) is 5.31. The summed E-state index contributed by atoms with van der Waals surface area (Å²) in [5.74, 6) is 1.28. The molecule has 0 aromatic heterocycles. The van der Waals surface area contributed by atoms with Crippen LogP contribution in [0.1, 0.15) is 37.7 Å². The molecule has 156 valence electrons. The molecule has 1 spiro atoms. The average molecular weight is 396 g/mol. The molecule has 2 fully saturated rings. The number of hydrogen-bond donors (Lipinski definition) is 1. The zero-order chi connectivity index (χ0) is 20.5. The summed E-state index contributed by atoms with van der Waals surface area (Å²) in [5, 5.41) is 3.36. The van der Waals surface area contributed by atoms with Crippen molar-refractivity contribution >= 4 is 6.03 Å². The first-order valence-corrected chi connectivity index (χ1v) is 10.7. The smallest absolute Gasteiger partial charge is 0.317 e. The van der Waals surface area contributed by atoms with Gasteiger partial charge in [0.15, 0.2) is 0 Å². The fourth-order valence-electron chi connectivity index (χ4n) is 5.31. The van der Waals surface area contributed by atoms with Crippen LogP contribution in [0.5, 0.6) is 0 Å². The van der Waals surface area contributed by atoms with Crippen molar-refractivity contribution in [1.82, 2.24) is 15.1 Å². The summed E-state index contributed by atoms with van der Waals surface area (Å²) >= 11 is 0. The number of nitrogens with one attached hydrogen (secondary N) is 1. The van der Waals surface area contributed by atoms with Crippen LogP contribution >= 0.6 is 0 Å². The molecule has 1 N–H and O–H groups in total. The Bertz CT molecular complexity index is 792. The van der Waals surface area contributed by atoms with E-state index in [0.717, 1.165) is 51.0 Å². The van der Waals surface area contributed by atoms with E-state index in [2.05, 4.69) is 66.8 Å². The Labute approximate surface area is 174 Å². The molecule has 1 saturated carbocycles. The summed E-state index contributed by atoms with van der Waals surface area (Å²) in [7, 11) is 6.06. The van der Waals surface area contributed by atoms with Crippen molar-refractivity contribution in [3.05, 3.63) is 59.9 Å². The highest BCUT2D eigenvalue weighted by Crippen LogP contribution is 2.46. The number of urea groups is 1. The van der Waals surface area contributed by atoms with E-state index in [0.29, 0.717) is 5.92 Å². The van der Waals surface area contributed by atoms with Crippen LogP contribution in [0.2, 0.25) is 0 Å². The molecule has 5 nitrogen and oxygen atoms in total. The number of allylic oxidation sites excluding steroid dienone is 2. The van der Waals surface area contributed by atoms with Crippen LogP contribution in [0.4, 0.5) is 4.79 Å². The molecule has 1 unspecified atom stereocenters. The number of amides is 2. The maximum Gasteiger partial charge on any atom is 0.317 e. The molecule has 3 aliphatic rings. The van der Waals surface area contributed by atoms with Crippen LogP contribution in [-0.2, 0) is 10.3 Å². The van der Waals surface area contributed by atoms with E-state index in [1.165, 1.54) is 5.56 Å². The molecule has 1 aromatic carbocycles. The van der Waals surface area contributed by atoms with Crippen molar-refractivity contribution in [3.8, 4) is 0 Å². The van der Waals surface area contributed by atoms with E-state index < -0.39 is 0 Å². The first-order valence-electron chi connectivity index (χ1n) is 10.7. The van der Waals surface area contributed by atoms with Gasteiger partial charge < -0.3 is 15.0 Å². The lowest BCUT2D eigenvalue weighted by Gasteiger charge is -2.48. The van der Waals surface area contributed by atoms with Crippen LogP contribution in [0.15, 0.2) is 54.3 Å². The number of carbonyl (C=O) groups excluding carboxylic acids is 1. The molecule has 1 aliphatic heterocycles. The highest BCUT2D eigenvalue weighted by atomic mass is 16.5. The highest BCUT2D eigenvalue weighted by Gasteiger charge is 2.50. The van der Waals surface area contributed by atoms with Gasteiger partial charge in [0.2, 0.25) is 0 Å². The number of ether oxygens (including phenoxy) is 1. The van der Waals surface area contributed by atoms with Gasteiger partial charge in [0.05, 0.1) is 12.6 Å². The Morgan fingerprint density at radius 1 is 1.17 bits per heavy atom. The molecule has 2 amide bonds. The number of nitrogens with zero attached hydrogens (tertiary/aromatic N) is 2. The molecular formula is C24H33N3O2. The summed E-state index contributed by atoms with van der Waals surface area (Å²) in [4.78, 5) is 17.1. The van der Waals surface area contributed by atoms with Gasteiger partial charge in [0.1, 0.15) is 5.76 Å². The maximum atomic E-state index is 12.7. The van der Waals surface area contributed by atoms with Crippen molar-refractivity contribution in [2.45, 2.75) is 43.2 Å². The van der Waals surface area contributed by atoms with Gasteiger partial charge in [-0.05, 0) is 69.8 Å². The molecule has 5 heteroatoms. The van der Waals surface area contributed by atoms with Crippen LogP contribution < -0.4 is 5.32 Å². The summed E-state index contributed by atoms with van der Waals surface area (Å²) in [6, 6.07) is 10.9. The van der Waals surface area contributed by atoms with Crippen LogP contribution in [-0.4, -0.2) is 55.7 Å². The second-order valence-corrected chi connectivity index (χ2v) is 9.05. The molecule has 1 heterocycles. The Morgan fingerprint density at radius 2 is 1.90 bits per heavy atom. The number of hydrogen-bond acceptors (Lipinski definition) is 3. The van der Waals surface area contributed by atoms with Gasteiger partial charge >= 0.3 is 6.03 Å². The number of methoxy groups -OCH3 is 1. The second kappa shape index (κ2) is 7.86. The number of benzene rings is 1. The lowest BCUT2D eigenvalue weighted by molar-refractivity contribution is 0.0617. The largest absolute Gasteiger partial charge is 0.497 e. The summed E-state index contributed by atoms with van der Waals surface area (Å²) in [6.45, 7) is 1.59. The molecular weight excluding hydrogens is 362 g/mol. The van der Waals surface area contributed by atoms with E-state index in [4.69, 9.17) is 4.74 Å². The van der Waals surface area contributed by atoms with E-state index in [-0.39, 0.29) is 17.1 Å². The summed E-state index contributed by atoms with van der Waals surface area (Å²) in [6.07, 6.45) is 11.4. The van der Waals surface area contributed by atoms with Gasteiger partial charge in [-0.15, -0.1) is 0 Å².